The fourth-order valence-corrected chi connectivity index (χ4v) is 1.79. The molecule has 0 radical (unpaired) electrons. The van der Waals surface area contributed by atoms with Crippen LogP contribution in [-0.4, -0.2) is 9.13 Å². The predicted molar refractivity (Wildman–Crippen MR) is 66.5 cm³/mol. The molecule has 88 valence electrons. The van der Waals surface area contributed by atoms with E-state index in [9.17, 15) is 9.59 Å². The number of benzene rings is 1. The van der Waals surface area contributed by atoms with Gasteiger partial charge in [-0.25, -0.2) is 4.79 Å². The van der Waals surface area contributed by atoms with Crippen molar-refractivity contribution >= 4 is 11.6 Å². The average Bonchev–Trinajstić information content (AvgIpc) is 2.30. The van der Waals surface area contributed by atoms with Crippen LogP contribution >= 0.6 is 11.6 Å². The maximum Gasteiger partial charge on any atom is 0.331 e. The number of nitrogens with zero attached hydrogens (tertiary/aromatic N) is 2. The standard InChI is InChI=1S/C12H11ClN2O2/c1-14-6-5-11(16)15(12(14)17)8-9-3-2-4-10(13)7-9/h2-7H,8H2,1H3. The van der Waals surface area contributed by atoms with Gasteiger partial charge in [0.2, 0.25) is 0 Å². The molecule has 0 aliphatic rings. The summed E-state index contributed by atoms with van der Waals surface area (Å²) >= 11 is 5.85. The molecule has 0 fully saturated rings. The quantitative estimate of drug-likeness (QED) is 0.805. The van der Waals surface area contributed by atoms with E-state index in [1.165, 1.54) is 21.4 Å². The molecule has 5 heteroatoms. The van der Waals surface area contributed by atoms with Crippen molar-refractivity contribution < 1.29 is 0 Å². The van der Waals surface area contributed by atoms with Gasteiger partial charge in [-0.3, -0.25) is 9.36 Å². The summed E-state index contributed by atoms with van der Waals surface area (Å²) in [5.41, 5.74) is 0.174. The molecule has 17 heavy (non-hydrogen) atoms. The third-order valence-corrected chi connectivity index (χ3v) is 2.70. The van der Waals surface area contributed by atoms with Gasteiger partial charge >= 0.3 is 5.69 Å². The summed E-state index contributed by atoms with van der Waals surface area (Å²) in [4.78, 5) is 23.4. The fraction of sp³-hybridized carbons (Fsp3) is 0.167. The molecular formula is C12H11ClN2O2. The van der Waals surface area contributed by atoms with Crippen LogP contribution in [-0.2, 0) is 13.6 Å². The minimum Gasteiger partial charge on any atom is -0.303 e. The second-order valence-corrected chi connectivity index (χ2v) is 4.20. The molecule has 0 saturated carbocycles. The average molecular weight is 251 g/mol. The summed E-state index contributed by atoms with van der Waals surface area (Å²) in [6.07, 6.45) is 1.46. The Morgan fingerprint density at radius 2 is 2.00 bits per heavy atom. The number of hydrogen-bond donors (Lipinski definition) is 0. The van der Waals surface area contributed by atoms with Gasteiger partial charge < -0.3 is 4.57 Å². The molecule has 0 amide bonds. The van der Waals surface area contributed by atoms with E-state index in [4.69, 9.17) is 11.6 Å². The number of aryl methyl sites for hydroxylation is 1. The van der Waals surface area contributed by atoms with Crippen molar-refractivity contribution in [1.29, 1.82) is 0 Å². The Morgan fingerprint density at radius 3 is 2.71 bits per heavy atom. The van der Waals surface area contributed by atoms with Crippen LogP contribution in [0.5, 0.6) is 0 Å². The Hall–Kier alpha value is -1.81. The summed E-state index contributed by atoms with van der Waals surface area (Å²) in [7, 11) is 1.61. The molecule has 4 nitrogen and oxygen atoms in total. The SMILES string of the molecule is Cn1ccc(=O)n(Cc2cccc(Cl)c2)c1=O. The van der Waals surface area contributed by atoms with Crippen LogP contribution in [0.2, 0.25) is 5.02 Å². The molecule has 0 N–H and O–H groups in total. The van der Waals surface area contributed by atoms with Crippen LogP contribution in [0.4, 0.5) is 0 Å². The highest BCUT2D eigenvalue weighted by atomic mass is 35.5. The summed E-state index contributed by atoms with van der Waals surface area (Å²) in [5, 5.41) is 0.586. The van der Waals surface area contributed by atoms with E-state index in [1.54, 1.807) is 25.2 Å². The zero-order valence-corrected chi connectivity index (χ0v) is 10.0. The van der Waals surface area contributed by atoms with Gasteiger partial charge in [0.25, 0.3) is 5.56 Å². The Labute approximate surface area is 103 Å². The molecular weight excluding hydrogens is 240 g/mol. The number of aromatic nitrogens is 2. The Bertz CT molecular complexity index is 658. The molecule has 0 saturated heterocycles. The van der Waals surface area contributed by atoms with Crippen molar-refractivity contribution in [2.24, 2.45) is 7.05 Å². The summed E-state index contributed by atoms with van der Waals surface area (Å²) in [6.45, 7) is 0.229. The first kappa shape index (κ1) is 11.7. The second kappa shape index (κ2) is 4.59. The largest absolute Gasteiger partial charge is 0.331 e. The van der Waals surface area contributed by atoms with Crippen LogP contribution < -0.4 is 11.2 Å². The third-order valence-electron chi connectivity index (χ3n) is 2.47. The highest BCUT2D eigenvalue weighted by Gasteiger charge is 2.04. The van der Waals surface area contributed by atoms with E-state index in [1.807, 2.05) is 6.07 Å². The number of halogens is 1. The van der Waals surface area contributed by atoms with Crippen LogP contribution in [0.3, 0.4) is 0 Å². The van der Waals surface area contributed by atoms with Crippen molar-refractivity contribution in [3.8, 4) is 0 Å². The molecule has 0 bridgehead atoms. The van der Waals surface area contributed by atoms with Gasteiger partial charge in [-0.2, -0.15) is 0 Å². The molecule has 0 atom stereocenters. The van der Waals surface area contributed by atoms with Crippen molar-refractivity contribution in [3.63, 3.8) is 0 Å². The maximum atomic E-state index is 11.8. The van der Waals surface area contributed by atoms with E-state index in [2.05, 4.69) is 0 Å². The minimum absolute atomic E-state index is 0.229. The van der Waals surface area contributed by atoms with Crippen molar-refractivity contribution in [2.45, 2.75) is 6.54 Å². The Kier molecular flexibility index (Phi) is 3.15. The van der Waals surface area contributed by atoms with E-state index in [0.717, 1.165) is 5.56 Å². The van der Waals surface area contributed by atoms with Crippen molar-refractivity contribution in [3.05, 3.63) is 68.0 Å². The van der Waals surface area contributed by atoms with Crippen LogP contribution in [0, 0.1) is 0 Å². The van der Waals surface area contributed by atoms with Gasteiger partial charge in [0, 0.05) is 24.3 Å². The highest BCUT2D eigenvalue weighted by molar-refractivity contribution is 6.30. The molecule has 2 rings (SSSR count). The Balaban J connectivity index is 2.47. The third kappa shape index (κ3) is 2.47. The van der Waals surface area contributed by atoms with Gasteiger partial charge in [0.1, 0.15) is 0 Å². The van der Waals surface area contributed by atoms with E-state index in [0.29, 0.717) is 5.02 Å². The highest BCUT2D eigenvalue weighted by Crippen LogP contribution is 2.10. The molecule has 1 heterocycles. The van der Waals surface area contributed by atoms with Crippen LogP contribution in [0.1, 0.15) is 5.56 Å². The van der Waals surface area contributed by atoms with Crippen LogP contribution in [0.15, 0.2) is 46.1 Å². The van der Waals surface area contributed by atoms with E-state index < -0.39 is 0 Å². The van der Waals surface area contributed by atoms with Crippen molar-refractivity contribution in [1.82, 2.24) is 9.13 Å². The van der Waals surface area contributed by atoms with E-state index >= 15 is 0 Å². The molecule has 0 spiro atoms. The Morgan fingerprint density at radius 1 is 1.24 bits per heavy atom. The zero-order chi connectivity index (χ0) is 12.4. The van der Waals surface area contributed by atoms with Gasteiger partial charge in [-0.15, -0.1) is 0 Å². The fourth-order valence-electron chi connectivity index (χ4n) is 1.58. The van der Waals surface area contributed by atoms with Crippen molar-refractivity contribution in [2.75, 3.05) is 0 Å². The zero-order valence-electron chi connectivity index (χ0n) is 9.26. The molecule has 2 aromatic rings. The summed E-state index contributed by atoms with van der Waals surface area (Å²) in [6, 6.07) is 8.46. The van der Waals surface area contributed by atoms with Crippen LogP contribution in [0.25, 0.3) is 0 Å². The van der Waals surface area contributed by atoms with E-state index in [-0.39, 0.29) is 17.8 Å². The molecule has 0 aliphatic carbocycles. The lowest BCUT2D eigenvalue weighted by molar-refractivity contribution is 0.639. The predicted octanol–water partition coefficient (Wildman–Crippen LogP) is 1.25. The molecule has 0 aliphatic heterocycles. The topological polar surface area (TPSA) is 44.0 Å². The maximum absolute atomic E-state index is 11.8. The van der Waals surface area contributed by atoms with Gasteiger partial charge in [0.05, 0.1) is 6.54 Å². The first-order valence-electron chi connectivity index (χ1n) is 5.09. The second-order valence-electron chi connectivity index (χ2n) is 3.76. The lowest BCUT2D eigenvalue weighted by Crippen LogP contribution is -2.38. The summed E-state index contributed by atoms with van der Waals surface area (Å²) in [5.74, 6) is 0. The number of rotatable bonds is 2. The molecule has 1 aromatic carbocycles. The first-order chi connectivity index (χ1) is 8.08. The van der Waals surface area contributed by atoms with Gasteiger partial charge in [-0.05, 0) is 17.7 Å². The first-order valence-corrected chi connectivity index (χ1v) is 5.46. The van der Waals surface area contributed by atoms with Gasteiger partial charge in [-0.1, -0.05) is 23.7 Å². The monoisotopic (exact) mass is 250 g/mol. The molecule has 0 unspecified atom stereocenters. The number of hydrogen-bond acceptors (Lipinski definition) is 2. The normalized spacial score (nSPS) is 10.5. The minimum atomic E-state index is -0.336. The lowest BCUT2D eigenvalue weighted by Gasteiger charge is -2.06. The lowest BCUT2D eigenvalue weighted by atomic mass is 10.2. The summed E-state index contributed by atoms with van der Waals surface area (Å²) < 4.78 is 2.54. The van der Waals surface area contributed by atoms with Gasteiger partial charge in [0.15, 0.2) is 0 Å². The smallest absolute Gasteiger partial charge is 0.303 e. The molecule has 1 aromatic heterocycles.